The fraction of sp³-hybridized carbons (Fsp3) is 0.275. The molecule has 16 nitrogen and oxygen atoms in total. The number of carbonyl (C=O) groups is 6. The molecule has 5 atom stereocenters. The zero-order chi connectivity index (χ0) is 49.2. The van der Waals surface area contributed by atoms with Crippen LogP contribution in [0.1, 0.15) is 64.8 Å². The van der Waals surface area contributed by atoms with E-state index >= 15 is 0 Å². The number of methoxy groups -OCH3 is 2. The minimum atomic E-state index is -1.95. The summed E-state index contributed by atoms with van der Waals surface area (Å²) in [5.74, 6) is -2.51. The Bertz CT molecular complexity index is 2440. The maximum atomic E-state index is 13.5. The average molecular weight is 936 g/mol. The number of hydrogen-bond donors (Lipinski definition) is 4. The Kier molecular flexibility index (Phi) is 18.4. The Balaban J connectivity index is 0.000000184. The smallest absolute Gasteiger partial charge is 0.346 e. The number of fused-ring (bicyclic) bond motifs is 3. The van der Waals surface area contributed by atoms with Crippen LogP contribution in [-0.4, -0.2) is 119 Å². The van der Waals surface area contributed by atoms with Gasteiger partial charge in [-0.2, -0.15) is 0 Å². The molecule has 5 aromatic rings. The van der Waals surface area contributed by atoms with Gasteiger partial charge in [0.05, 0.1) is 52.1 Å². The van der Waals surface area contributed by atoms with Crippen LogP contribution in [0.4, 0.5) is 0 Å². The van der Waals surface area contributed by atoms with Gasteiger partial charge in [0.15, 0.2) is 0 Å². The highest BCUT2D eigenvalue weighted by Gasteiger charge is 2.57. The van der Waals surface area contributed by atoms with Gasteiger partial charge in [-0.1, -0.05) is 115 Å². The van der Waals surface area contributed by atoms with E-state index in [1.807, 2.05) is 133 Å². The van der Waals surface area contributed by atoms with Crippen molar-refractivity contribution in [3.05, 3.63) is 161 Å². The first kappa shape index (κ1) is 50.8. The van der Waals surface area contributed by atoms with Crippen molar-refractivity contribution in [3.63, 3.8) is 0 Å². The van der Waals surface area contributed by atoms with Gasteiger partial charge >= 0.3 is 23.9 Å². The number of aliphatic carboxylic acids is 2. The van der Waals surface area contributed by atoms with Crippen LogP contribution in [-0.2, 0) is 38.2 Å². The molecule has 0 bridgehead atoms. The van der Waals surface area contributed by atoms with Crippen LogP contribution in [0.3, 0.4) is 0 Å². The van der Waals surface area contributed by atoms with Gasteiger partial charge in [0, 0.05) is 34.4 Å². The van der Waals surface area contributed by atoms with Crippen molar-refractivity contribution >= 4 is 56.8 Å². The van der Waals surface area contributed by atoms with Gasteiger partial charge in [-0.15, -0.1) is 0 Å². The second kappa shape index (κ2) is 25.0. The number of esters is 2. The van der Waals surface area contributed by atoms with E-state index in [1.165, 1.54) is 14.2 Å². The van der Waals surface area contributed by atoms with Crippen LogP contribution in [0.5, 0.6) is 17.2 Å². The molecule has 8 rings (SSSR count). The Morgan fingerprint density at radius 2 is 0.942 bits per heavy atom. The van der Waals surface area contributed by atoms with Crippen molar-refractivity contribution in [1.29, 1.82) is 0 Å². The fourth-order valence-electron chi connectivity index (χ4n) is 8.73. The first-order valence-corrected chi connectivity index (χ1v) is 22.1. The molecular formula is C51H51B2N3O13. The van der Waals surface area contributed by atoms with Crippen LogP contribution in [0.2, 0.25) is 0 Å². The molecule has 0 saturated heterocycles. The molecule has 0 spiro atoms. The standard InChI is InChI=1S/C27H25NO5.2C12H13BNO4/c1-31-25(29)27(26(30)32-2,22-17-18-33-23-16-10-9-15-21(22)23)28-24(19-11-5-3-6-12-19)20-13-7-4-8-14-20;2*15-7-13-14-11(12(16)17)9-5-6-18-10-4-2-1-3-8(9)10/h3-16,22H,17-18H2,1-2H3;2*1-4,7,9,11,14H,5-6H2,(H,16,17)/t22-;9-,11+;9-,11-/m111/s1. The molecule has 354 valence electrons. The molecule has 0 unspecified atom stereocenters. The van der Waals surface area contributed by atoms with Gasteiger partial charge < -0.3 is 53.9 Å². The molecule has 0 aromatic heterocycles. The molecule has 2 radical (unpaired) electrons. The van der Waals surface area contributed by atoms with E-state index in [1.54, 1.807) is 0 Å². The van der Waals surface area contributed by atoms with E-state index in [0.29, 0.717) is 80.0 Å². The molecule has 69 heavy (non-hydrogen) atoms. The first-order chi connectivity index (χ1) is 33.6. The molecule has 3 aliphatic rings. The Morgan fingerprint density at radius 1 is 0.580 bits per heavy atom. The van der Waals surface area contributed by atoms with E-state index in [9.17, 15) is 39.0 Å². The second-order valence-electron chi connectivity index (χ2n) is 15.8. The Labute approximate surface area is 400 Å². The topological polar surface area (TPSA) is 225 Å². The molecule has 4 N–H and O–H groups in total. The predicted molar refractivity (Wildman–Crippen MR) is 257 cm³/mol. The monoisotopic (exact) mass is 935 g/mol. The number of para-hydroxylation sites is 3. The van der Waals surface area contributed by atoms with Gasteiger partial charge in [-0.05, 0) is 48.6 Å². The number of benzene rings is 5. The highest BCUT2D eigenvalue weighted by atomic mass is 16.5. The van der Waals surface area contributed by atoms with Gasteiger partial charge in [-0.25, -0.2) is 9.59 Å². The number of carboxylic acid groups (broad SMARTS) is 2. The summed E-state index contributed by atoms with van der Waals surface area (Å²) in [6.45, 7) is 1.29. The summed E-state index contributed by atoms with van der Waals surface area (Å²) in [4.78, 5) is 75.1. The molecule has 3 heterocycles. The third-order valence-corrected chi connectivity index (χ3v) is 11.9. The average Bonchev–Trinajstić information content (AvgIpc) is 3.39. The summed E-state index contributed by atoms with van der Waals surface area (Å²) in [5, 5.41) is 23.7. The van der Waals surface area contributed by atoms with Crippen molar-refractivity contribution in [1.82, 2.24) is 10.5 Å². The second-order valence-corrected chi connectivity index (χ2v) is 15.8. The van der Waals surface area contributed by atoms with Crippen LogP contribution in [0.15, 0.2) is 138 Å². The number of rotatable bonds is 16. The van der Waals surface area contributed by atoms with E-state index < -0.39 is 47.4 Å². The lowest BCUT2D eigenvalue weighted by molar-refractivity contribution is -0.162. The Morgan fingerprint density at radius 3 is 1.33 bits per heavy atom. The molecule has 3 aliphatic heterocycles. The lowest BCUT2D eigenvalue weighted by Crippen LogP contribution is -2.53. The number of nitrogens with zero attached hydrogens (tertiary/aromatic N) is 1. The quantitative estimate of drug-likeness (QED) is 0.0337. The number of nitrogens with one attached hydrogen (secondary N) is 2. The van der Waals surface area contributed by atoms with Gasteiger partial charge in [0.2, 0.25) is 0 Å². The summed E-state index contributed by atoms with van der Waals surface area (Å²) >= 11 is 0. The zero-order valence-electron chi connectivity index (χ0n) is 38.0. The van der Waals surface area contributed by atoms with E-state index in [0.717, 1.165) is 37.1 Å². The number of ether oxygens (including phenoxy) is 5. The third-order valence-electron chi connectivity index (χ3n) is 11.9. The highest BCUT2D eigenvalue weighted by molar-refractivity contribution is 6.65. The number of carboxylic acids is 2. The summed E-state index contributed by atoms with van der Waals surface area (Å²) < 4.78 is 27.2. The van der Waals surface area contributed by atoms with E-state index in [2.05, 4.69) is 10.5 Å². The lowest BCUT2D eigenvalue weighted by Gasteiger charge is -2.36. The zero-order valence-corrected chi connectivity index (χ0v) is 38.0. The van der Waals surface area contributed by atoms with Crippen LogP contribution >= 0.6 is 0 Å². The molecule has 0 aliphatic carbocycles. The van der Waals surface area contributed by atoms with E-state index in [-0.39, 0.29) is 11.8 Å². The van der Waals surface area contributed by atoms with Gasteiger partial charge in [0.1, 0.15) is 29.3 Å². The molecule has 5 aromatic carbocycles. The van der Waals surface area contributed by atoms with Crippen molar-refractivity contribution < 1.29 is 62.7 Å². The van der Waals surface area contributed by atoms with Gasteiger partial charge in [0.25, 0.3) is 20.4 Å². The van der Waals surface area contributed by atoms with Crippen molar-refractivity contribution in [2.75, 3.05) is 34.0 Å². The normalized spacial score (nSPS) is 17.2. The van der Waals surface area contributed by atoms with Crippen LogP contribution < -0.4 is 24.7 Å². The number of aliphatic imine (C=N–C) groups is 1. The van der Waals surface area contributed by atoms with E-state index in [4.69, 9.17) is 28.7 Å². The summed E-state index contributed by atoms with van der Waals surface area (Å²) in [6, 6.07) is 39.4. The third kappa shape index (κ3) is 12.1. The van der Waals surface area contributed by atoms with Crippen LogP contribution in [0.25, 0.3) is 0 Å². The molecule has 0 amide bonds. The number of carbonyl (C=O) groups excluding carboxylic acids is 4. The minimum absolute atomic E-state index is 0.205. The highest BCUT2D eigenvalue weighted by Crippen LogP contribution is 2.44. The molecule has 0 saturated carbocycles. The van der Waals surface area contributed by atoms with Crippen molar-refractivity contribution in [2.45, 2.75) is 54.6 Å². The predicted octanol–water partition coefficient (Wildman–Crippen LogP) is 4.98. The van der Waals surface area contributed by atoms with Gasteiger partial charge in [-0.3, -0.25) is 14.6 Å². The maximum Gasteiger partial charge on any atom is 0.346 e. The lowest BCUT2D eigenvalue weighted by atomic mass is 9.75. The Hall–Kier alpha value is -7.56. The molecule has 0 fully saturated rings. The SMILES string of the molecule is COC(=O)C(N=C(c1ccccc1)c1ccccc1)(C(=O)OC)[C@@H]1CCOc2ccccc21.O=C[B]N[C@@H](C(=O)O)[C@@H]1CCOc2ccccc21.O=C[B]N[C@H](C(=O)O)[C@@H]1CCOc2ccccc21. The molecule has 18 heteroatoms. The first-order valence-electron chi connectivity index (χ1n) is 22.1. The largest absolute Gasteiger partial charge is 0.493 e. The summed E-state index contributed by atoms with van der Waals surface area (Å²) in [5.41, 5.74) is 2.51. The summed E-state index contributed by atoms with van der Waals surface area (Å²) in [6.07, 6.45) is 2.69. The summed E-state index contributed by atoms with van der Waals surface area (Å²) in [7, 11) is 4.75. The minimum Gasteiger partial charge on any atom is -0.493 e. The molecular weight excluding hydrogens is 884 g/mol. The number of hydrogen-bond acceptors (Lipinski definition) is 14. The van der Waals surface area contributed by atoms with Crippen LogP contribution in [0, 0.1) is 0 Å². The van der Waals surface area contributed by atoms with Crippen molar-refractivity contribution in [2.24, 2.45) is 4.99 Å². The maximum absolute atomic E-state index is 13.5. The van der Waals surface area contributed by atoms with Crippen molar-refractivity contribution in [3.8, 4) is 17.2 Å². The fourth-order valence-corrected chi connectivity index (χ4v) is 8.73.